The monoisotopic (exact) mass is 655 g/mol. The summed E-state index contributed by atoms with van der Waals surface area (Å²) in [6.45, 7) is 0. The molecule has 2 fully saturated rings. The Kier molecular flexibility index (Phi) is 7.98. The van der Waals surface area contributed by atoms with Crippen molar-refractivity contribution in [2.75, 3.05) is 7.04 Å². The Morgan fingerprint density at radius 3 is 1.91 bits per heavy atom. The molecule has 9 N–H and O–H groups in total. The fourth-order valence-electron chi connectivity index (χ4n) is 4.85. The highest BCUT2D eigenvalue weighted by molar-refractivity contribution is 5.86. The predicted octanol–water partition coefficient (Wildman–Crippen LogP) is -2.28. The predicted molar refractivity (Wildman–Crippen MR) is 146 cm³/mol. The molecule has 1 aromatic heterocycles. The molecule has 18 nitrogen and oxygen atoms in total. The summed E-state index contributed by atoms with van der Waals surface area (Å²) in [6.07, 6.45) is -20.1. The van der Waals surface area contributed by atoms with Gasteiger partial charge in [-0.2, -0.15) is 0 Å². The third-order valence-electron chi connectivity index (χ3n) is 7.24. The summed E-state index contributed by atoms with van der Waals surface area (Å²) in [7, 11) is -3.05. The van der Waals surface area contributed by atoms with Crippen LogP contribution in [0.4, 0.5) is 0 Å². The molecule has 46 heavy (non-hydrogen) atoms. The van der Waals surface area contributed by atoms with E-state index in [0.29, 0.717) is 0 Å². The zero-order chi connectivity index (χ0) is 36.1. The Balaban J connectivity index is 1.52. The fraction of sp³-hybridized carbons (Fsp3) is 0.393. The zero-order valence-electron chi connectivity index (χ0n) is 25.9. The van der Waals surface area contributed by atoms with E-state index in [0.717, 1.165) is 30.3 Å². The highest BCUT2D eigenvalue weighted by Crippen LogP contribution is 2.37. The number of ether oxygens (including phenoxy) is 5. The Hall–Kier alpha value is -4.53. The van der Waals surface area contributed by atoms with Crippen LogP contribution in [0.3, 0.4) is 0 Å². The van der Waals surface area contributed by atoms with Gasteiger partial charge < -0.3 is 74.1 Å². The lowest BCUT2D eigenvalue weighted by Crippen LogP contribution is -2.61. The number of fused-ring (bicyclic) bond motifs is 1. The molecule has 0 radical (unpaired) electrons. The van der Waals surface area contributed by atoms with Gasteiger partial charge in [0.1, 0.15) is 64.9 Å². The summed E-state index contributed by atoms with van der Waals surface area (Å²) < 4.78 is 54.2. The van der Waals surface area contributed by atoms with E-state index in [1.54, 1.807) is 0 Å². The van der Waals surface area contributed by atoms with Crippen molar-refractivity contribution in [3.63, 3.8) is 0 Å². The first-order chi connectivity index (χ1) is 22.9. The molecular formula is C28H28O18. The third-order valence-corrected chi connectivity index (χ3v) is 7.24. The van der Waals surface area contributed by atoms with E-state index >= 15 is 0 Å². The van der Waals surface area contributed by atoms with E-state index in [2.05, 4.69) is 0 Å². The lowest BCUT2D eigenvalue weighted by Gasteiger charge is -2.38. The summed E-state index contributed by atoms with van der Waals surface area (Å²) in [4.78, 5) is 36.0. The molecule has 0 bridgehead atoms. The molecule has 2 aromatic carbocycles. The summed E-state index contributed by atoms with van der Waals surface area (Å²) in [6, 6.07) is 6.16. The number of rotatable bonds is 8. The Morgan fingerprint density at radius 1 is 0.761 bits per heavy atom. The van der Waals surface area contributed by atoms with Crippen LogP contribution >= 0.6 is 0 Å². The van der Waals surface area contributed by atoms with Gasteiger partial charge in [0.25, 0.3) is 0 Å². The number of hydrogen-bond acceptors (Lipinski definition) is 16. The Morgan fingerprint density at radius 2 is 1.35 bits per heavy atom. The average molecular weight is 656 g/mol. The number of carboxylic acid groups (broad SMARTS) is 2. The number of methoxy groups -OCH3 is 1. The quantitative estimate of drug-likeness (QED) is 0.123. The van der Waals surface area contributed by atoms with Crippen molar-refractivity contribution < 1.29 is 87.8 Å². The molecule has 2 aliphatic rings. The minimum Gasteiger partial charge on any atom is -0.507 e. The van der Waals surface area contributed by atoms with Crippen LogP contribution in [0.5, 0.6) is 23.0 Å². The van der Waals surface area contributed by atoms with E-state index < -0.39 is 103 Å². The fourth-order valence-corrected chi connectivity index (χ4v) is 4.85. The SMILES string of the molecule is [2H]C([2H])([2H])Oc1ccc(-c2cc(=O)c3c(O)cc(O[C@@H]4O[C@H](C(=O)O)[C@@H](O)[C@H](O)[C@H]4O)cc3o2)cc1O[C@@H]1O[C@H](C(=O)O)[C@@H](O)[C@H](O)[C@H]1O. The van der Waals surface area contributed by atoms with Gasteiger partial charge in [-0.25, -0.2) is 9.59 Å². The second kappa shape index (κ2) is 12.7. The number of carboxylic acids is 2. The molecule has 18 heteroatoms. The minimum absolute atomic E-state index is 0.0363. The second-order valence-electron chi connectivity index (χ2n) is 10.3. The first kappa shape index (κ1) is 28.9. The molecule has 0 unspecified atom stereocenters. The number of benzene rings is 2. The standard InChI is InChI=1S/C28H28O18/c1-41-12-3-2-8(4-14(12)44-28-22(36)18(32)20(34)24(46-28)26(39)40)13-7-11(30)16-10(29)5-9(6-15(16)43-13)42-27-21(35)17(31)19(33)23(45-27)25(37)38/h2-7,17-24,27-29,31-36H,1H3,(H,37,38)(H,39,40)/t17-,18-,19-,20-,21+,22+,23-,24-,27+,28+/m0/s1/i1D3. The first-order valence-corrected chi connectivity index (χ1v) is 13.2. The molecule has 3 heterocycles. The molecule has 248 valence electrons. The van der Waals surface area contributed by atoms with E-state index in [1.165, 1.54) is 6.07 Å². The van der Waals surface area contributed by atoms with Gasteiger partial charge in [0.05, 0.1) is 11.2 Å². The van der Waals surface area contributed by atoms with Crippen LogP contribution in [0.2, 0.25) is 0 Å². The number of phenolic OH excluding ortho intramolecular Hbond substituents is 1. The van der Waals surface area contributed by atoms with Crippen molar-refractivity contribution in [3.05, 3.63) is 46.6 Å². The second-order valence-corrected chi connectivity index (χ2v) is 10.3. The number of hydrogen-bond donors (Lipinski definition) is 9. The molecule has 3 aromatic rings. The van der Waals surface area contributed by atoms with Crippen LogP contribution in [0.1, 0.15) is 4.11 Å². The largest absolute Gasteiger partial charge is 0.507 e. The van der Waals surface area contributed by atoms with Gasteiger partial charge in [-0.1, -0.05) is 0 Å². The van der Waals surface area contributed by atoms with Crippen LogP contribution in [-0.2, 0) is 19.1 Å². The normalized spacial score (nSPS) is 32.5. The minimum atomic E-state index is -3.05. The number of aliphatic hydroxyl groups excluding tert-OH is 6. The lowest BCUT2D eigenvalue weighted by molar-refractivity contribution is -0.271. The Labute approximate surface area is 260 Å². The maximum atomic E-state index is 13.1. The molecule has 5 rings (SSSR count). The Bertz CT molecular complexity index is 1790. The highest BCUT2D eigenvalue weighted by Gasteiger charge is 2.49. The maximum Gasteiger partial charge on any atom is 0.335 e. The van der Waals surface area contributed by atoms with Crippen molar-refractivity contribution >= 4 is 22.9 Å². The van der Waals surface area contributed by atoms with Crippen molar-refractivity contribution in [1.82, 2.24) is 0 Å². The lowest BCUT2D eigenvalue weighted by atomic mass is 9.99. The molecule has 0 saturated carbocycles. The van der Waals surface area contributed by atoms with Crippen molar-refractivity contribution in [2.45, 2.75) is 61.4 Å². The van der Waals surface area contributed by atoms with Gasteiger partial charge in [-0.05, 0) is 18.2 Å². The first-order valence-electron chi connectivity index (χ1n) is 14.7. The van der Waals surface area contributed by atoms with Gasteiger partial charge in [0.2, 0.25) is 12.6 Å². The van der Waals surface area contributed by atoms with Gasteiger partial charge in [0.15, 0.2) is 29.1 Å². The maximum absolute atomic E-state index is 13.1. The summed E-state index contributed by atoms with van der Waals surface area (Å²) in [5.74, 6) is -5.73. The molecular weight excluding hydrogens is 624 g/mol. The zero-order valence-corrected chi connectivity index (χ0v) is 22.9. The average Bonchev–Trinajstić information content (AvgIpc) is 3.00. The van der Waals surface area contributed by atoms with Crippen molar-refractivity contribution in [2.24, 2.45) is 0 Å². The number of carbonyl (C=O) groups is 2. The summed E-state index contributed by atoms with van der Waals surface area (Å²) in [5, 5.41) is 89.6. The number of aliphatic carboxylic acids is 2. The summed E-state index contributed by atoms with van der Waals surface area (Å²) >= 11 is 0. The smallest absolute Gasteiger partial charge is 0.335 e. The van der Waals surface area contributed by atoms with Gasteiger partial charge in [-0.15, -0.1) is 0 Å². The summed E-state index contributed by atoms with van der Waals surface area (Å²) in [5.41, 5.74) is -1.21. The number of aliphatic hydroxyl groups is 6. The van der Waals surface area contributed by atoms with Crippen LogP contribution < -0.4 is 19.6 Å². The van der Waals surface area contributed by atoms with Gasteiger partial charge in [-0.3, -0.25) is 4.79 Å². The number of aromatic hydroxyl groups is 1. The van der Waals surface area contributed by atoms with E-state index in [1.807, 2.05) is 0 Å². The molecule has 0 amide bonds. The van der Waals surface area contributed by atoms with Crippen molar-refractivity contribution in [1.29, 1.82) is 0 Å². The van der Waals surface area contributed by atoms with Gasteiger partial charge >= 0.3 is 11.9 Å². The third kappa shape index (κ3) is 6.02. The van der Waals surface area contributed by atoms with Crippen LogP contribution in [0, 0.1) is 0 Å². The van der Waals surface area contributed by atoms with Crippen LogP contribution in [0.25, 0.3) is 22.3 Å². The molecule has 0 aliphatic carbocycles. The topological polar surface area (TPSA) is 293 Å². The highest BCUT2D eigenvalue weighted by atomic mass is 16.7. The van der Waals surface area contributed by atoms with Crippen LogP contribution in [-0.4, -0.2) is 126 Å². The molecule has 10 atom stereocenters. The molecule has 0 spiro atoms. The van der Waals surface area contributed by atoms with E-state index in [9.17, 15) is 60.3 Å². The van der Waals surface area contributed by atoms with Crippen LogP contribution in [0.15, 0.2) is 45.6 Å². The van der Waals surface area contributed by atoms with E-state index in [-0.39, 0.29) is 28.0 Å². The van der Waals surface area contributed by atoms with E-state index in [4.69, 9.17) is 32.2 Å². The van der Waals surface area contributed by atoms with Gasteiger partial charge in [0, 0.05) is 23.8 Å². The molecule has 2 saturated heterocycles. The molecule has 2 aliphatic heterocycles. The van der Waals surface area contributed by atoms with Crippen molar-refractivity contribution in [3.8, 4) is 34.3 Å². The number of phenols is 1.